The standard InChI is InChI=1S/C14H27N5/c1-14(2,3)16-9-11-8-15-13(17-11)12-10-18(4)6-7-19(12)5/h8,12,16H,6-7,9-10H2,1-5H3,(H,15,17). The third-order valence-electron chi connectivity index (χ3n) is 3.62. The topological polar surface area (TPSA) is 47.2 Å². The normalized spacial score (nSPS) is 22.9. The molecule has 19 heavy (non-hydrogen) atoms. The highest BCUT2D eigenvalue weighted by Gasteiger charge is 2.25. The van der Waals surface area contributed by atoms with Crippen LogP contribution >= 0.6 is 0 Å². The zero-order chi connectivity index (χ0) is 14.0. The molecule has 1 aliphatic heterocycles. The molecule has 5 heteroatoms. The zero-order valence-electron chi connectivity index (χ0n) is 12.8. The van der Waals surface area contributed by atoms with Gasteiger partial charge in [-0.25, -0.2) is 4.98 Å². The van der Waals surface area contributed by atoms with E-state index in [1.807, 2.05) is 6.20 Å². The largest absolute Gasteiger partial charge is 0.343 e. The quantitative estimate of drug-likeness (QED) is 0.862. The molecule has 0 saturated carbocycles. The van der Waals surface area contributed by atoms with Crippen LogP contribution in [0.2, 0.25) is 0 Å². The Kier molecular flexibility index (Phi) is 4.28. The summed E-state index contributed by atoms with van der Waals surface area (Å²) in [5.74, 6) is 1.08. The number of H-pyrrole nitrogens is 1. The van der Waals surface area contributed by atoms with Crippen molar-refractivity contribution in [1.29, 1.82) is 0 Å². The molecule has 1 aromatic heterocycles. The SMILES string of the molecule is CN1CCN(C)C(c2ncc(CNC(C)(C)C)[nH]2)C1. The number of nitrogens with one attached hydrogen (secondary N) is 2. The molecule has 1 aromatic rings. The molecule has 2 N–H and O–H groups in total. The second-order valence-electron chi connectivity index (χ2n) is 6.66. The van der Waals surface area contributed by atoms with Crippen molar-refractivity contribution in [3.63, 3.8) is 0 Å². The molecule has 0 amide bonds. The second-order valence-corrected chi connectivity index (χ2v) is 6.66. The van der Waals surface area contributed by atoms with Gasteiger partial charge in [0.1, 0.15) is 5.82 Å². The molecule has 1 atom stereocenters. The third-order valence-corrected chi connectivity index (χ3v) is 3.62. The lowest BCUT2D eigenvalue weighted by molar-refractivity contribution is 0.110. The van der Waals surface area contributed by atoms with Crippen LogP contribution in [0.1, 0.15) is 38.3 Å². The van der Waals surface area contributed by atoms with Crippen molar-refractivity contribution >= 4 is 0 Å². The van der Waals surface area contributed by atoms with Crippen LogP contribution in [0.5, 0.6) is 0 Å². The van der Waals surface area contributed by atoms with Gasteiger partial charge in [0.2, 0.25) is 0 Å². The molecule has 0 aromatic carbocycles. The van der Waals surface area contributed by atoms with E-state index in [9.17, 15) is 0 Å². The number of piperazine rings is 1. The lowest BCUT2D eigenvalue weighted by atomic mass is 10.1. The Morgan fingerprint density at radius 3 is 2.79 bits per heavy atom. The first kappa shape index (κ1) is 14.5. The monoisotopic (exact) mass is 265 g/mol. The van der Waals surface area contributed by atoms with Gasteiger partial charge in [0.15, 0.2) is 0 Å². The summed E-state index contributed by atoms with van der Waals surface area (Å²) in [6.45, 7) is 10.6. The highest BCUT2D eigenvalue weighted by atomic mass is 15.3. The van der Waals surface area contributed by atoms with Crippen LogP contribution in [0.3, 0.4) is 0 Å². The van der Waals surface area contributed by atoms with E-state index in [1.54, 1.807) is 0 Å². The summed E-state index contributed by atoms with van der Waals surface area (Å²) in [6.07, 6.45) is 1.95. The Morgan fingerprint density at radius 2 is 2.11 bits per heavy atom. The molecule has 2 heterocycles. The number of likely N-dealkylation sites (N-methyl/N-ethyl adjacent to an activating group) is 2. The van der Waals surface area contributed by atoms with Gasteiger partial charge in [-0.05, 0) is 34.9 Å². The molecule has 0 spiro atoms. The summed E-state index contributed by atoms with van der Waals surface area (Å²) < 4.78 is 0. The molecule has 0 aliphatic carbocycles. The average Bonchev–Trinajstić information content (AvgIpc) is 2.77. The van der Waals surface area contributed by atoms with Gasteiger partial charge in [0, 0.05) is 43.6 Å². The lowest BCUT2D eigenvalue weighted by Gasteiger charge is -2.36. The number of aromatic nitrogens is 2. The smallest absolute Gasteiger partial charge is 0.125 e. The molecule has 2 rings (SSSR count). The van der Waals surface area contributed by atoms with Crippen LogP contribution in [0.4, 0.5) is 0 Å². The summed E-state index contributed by atoms with van der Waals surface area (Å²) in [5.41, 5.74) is 1.29. The maximum Gasteiger partial charge on any atom is 0.125 e. The molecule has 0 bridgehead atoms. The van der Waals surface area contributed by atoms with Gasteiger partial charge in [-0.2, -0.15) is 0 Å². The van der Waals surface area contributed by atoms with Crippen LogP contribution in [0.25, 0.3) is 0 Å². The molecule has 1 aliphatic rings. The van der Waals surface area contributed by atoms with Crippen molar-refractivity contribution in [1.82, 2.24) is 25.1 Å². The van der Waals surface area contributed by atoms with E-state index >= 15 is 0 Å². The van der Waals surface area contributed by atoms with Crippen molar-refractivity contribution < 1.29 is 0 Å². The minimum atomic E-state index is 0.132. The second kappa shape index (κ2) is 5.61. The Balaban J connectivity index is 1.99. The first-order valence-electron chi connectivity index (χ1n) is 7.03. The van der Waals surface area contributed by atoms with Gasteiger partial charge in [-0.15, -0.1) is 0 Å². The molecule has 0 radical (unpaired) electrons. The molecule has 5 nitrogen and oxygen atoms in total. The van der Waals surface area contributed by atoms with E-state index in [1.165, 1.54) is 0 Å². The fourth-order valence-electron chi connectivity index (χ4n) is 2.30. The summed E-state index contributed by atoms with van der Waals surface area (Å²) in [4.78, 5) is 12.8. The maximum atomic E-state index is 4.56. The fourth-order valence-corrected chi connectivity index (χ4v) is 2.30. The first-order chi connectivity index (χ1) is 8.85. The Morgan fingerprint density at radius 1 is 1.37 bits per heavy atom. The number of imidazole rings is 1. The number of hydrogen-bond donors (Lipinski definition) is 2. The summed E-state index contributed by atoms with van der Waals surface area (Å²) in [6, 6.07) is 0.377. The zero-order valence-corrected chi connectivity index (χ0v) is 12.8. The maximum absolute atomic E-state index is 4.56. The fraction of sp³-hybridized carbons (Fsp3) is 0.786. The van der Waals surface area contributed by atoms with Crippen LogP contribution < -0.4 is 5.32 Å². The van der Waals surface area contributed by atoms with Gasteiger partial charge >= 0.3 is 0 Å². The van der Waals surface area contributed by atoms with E-state index in [4.69, 9.17) is 0 Å². The van der Waals surface area contributed by atoms with E-state index in [2.05, 4.69) is 60.0 Å². The Bertz CT molecular complexity index is 406. The molecule has 1 unspecified atom stereocenters. The van der Waals surface area contributed by atoms with Gasteiger partial charge in [0.05, 0.1) is 6.04 Å². The molecule has 1 saturated heterocycles. The average molecular weight is 265 g/mol. The molecular weight excluding hydrogens is 238 g/mol. The van der Waals surface area contributed by atoms with Gasteiger partial charge < -0.3 is 15.2 Å². The minimum Gasteiger partial charge on any atom is -0.343 e. The number of hydrogen-bond acceptors (Lipinski definition) is 4. The summed E-state index contributed by atoms with van der Waals surface area (Å²) in [5, 5.41) is 3.48. The van der Waals surface area contributed by atoms with Crippen molar-refractivity contribution in [3.05, 3.63) is 17.7 Å². The number of aromatic amines is 1. The molecular formula is C14H27N5. The predicted molar refractivity (Wildman–Crippen MR) is 78.0 cm³/mol. The van der Waals surface area contributed by atoms with Crippen molar-refractivity contribution in [2.24, 2.45) is 0 Å². The van der Waals surface area contributed by atoms with Gasteiger partial charge in [-0.3, -0.25) is 4.90 Å². The van der Waals surface area contributed by atoms with E-state index in [0.717, 1.165) is 37.7 Å². The van der Waals surface area contributed by atoms with Gasteiger partial charge in [-0.1, -0.05) is 0 Å². The number of rotatable bonds is 3. The van der Waals surface area contributed by atoms with Crippen molar-refractivity contribution in [3.8, 4) is 0 Å². The highest BCUT2D eigenvalue weighted by Crippen LogP contribution is 2.20. The Hall–Kier alpha value is -0.910. The Labute approximate surface area is 116 Å². The van der Waals surface area contributed by atoms with Gasteiger partial charge in [0.25, 0.3) is 0 Å². The van der Waals surface area contributed by atoms with Crippen LogP contribution in [0.15, 0.2) is 6.20 Å². The van der Waals surface area contributed by atoms with Crippen LogP contribution in [0, 0.1) is 0 Å². The third kappa shape index (κ3) is 4.03. The van der Waals surface area contributed by atoms with Crippen LogP contribution in [-0.4, -0.2) is 59.0 Å². The van der Waals surface area contributed by atoms with Crippen molar-refractivity contribution in [2.45, 2.75) is 38.9 Å². The minimum absolute atomic E-state index is 0.132. The van der Waals surface area contributed by atoms with Crippen LogP contribution in [-0.2, 0) is 6.54 Å². The van der Waals surface area contributed by atoms with E-state index < -0.39 is 0 Å². The lowest BCUT2D eigenvalue weighted by Crippen LogP contribution is -2.45. The van der Waals surface area contributed by atoms with Crippen molar-refractivity contribution in [2.75, 3.05) is 33.7 Å². The first-order valence-corrected chi connectivity index (χ1v) is 7.03. The van der Waals surface area contributed by atoms with E-state index in [-0.39, 0.29) is 5.54 Å². The number of nitrogens with zero attached hydrogens (tertiary/aromatic N) is 3. The molecule has 108 valence electrons. The summed E-state index contributed by atoms with van der Waals surface area (Å²) in [7, 11) is 4.35. The predicted octanol–water partition coefficient (Wildman–Crippen LogP) is 1.22. The molecule has 1 fully saturated rings. The summed E-state index contributed by atoms with van der Waals surface area (Å²) >= 11 is 0. The highest BCUT2D eigenvalue weighted by molar-refractivity contribution is 5.07. The van der Waals surface area contributed by atoms with E-state index in [0.29, 0.717) is 6.04 Å².